The lowest BCUT2D eigenvalue weighted by Gasteiger charge is -2.32. The molecule has 0 heterocycles. The number of carbonyl (C=O) groups excluding carboxylic acids is 2. The Hall–Kier alpha value is -3.02. The van der Waals surface area contributed by atoms with Crippen molar-refractivity contribution in [2.75, 3.05) is 13.2 Å². The molecule has 0 bridgehead atoms. The number of aromatic hydroxyl groups is 1. The summed E-state index contributed by atoms with van der Waals surface area (Å²) in [5.74, 6) is -3.21. The molecule has 1 saturated carbocycles. The second-order valence-corrected chi connectivity index (χ2v) is 8.83. The molecular formula is C22H19BrClNO9. The monoisotopic (exact) mass is 555 g/mol. The number of carboxylic acids is 1. The normalized spacial score (nSPS) is 17.0. The van der Waals surface area contributed by atoms with Gasteiger partial charge in [-0.15, -0.1) is 0 Å². The molecule has 12 heteroatoms. The van der Waals surface area contributed by atoms with E-state index in [1.807, 2.05) is 0 Å². The van der Waals surface area contributed by atoms with Gasteiger partial charge in [-0.1, -0.05) is 17.7 Å². The van der Waals surface area contributed by atoms with E-state index in [2.05, 4.69) is 15.9 Å². The molecule has 0 amide bonds. The Balaban J connectivity index is 1.71. The van der Waals surface area contributed by atoms with Crippen LogP contribution in [0.2, 0.25) is 5.02 Å². The van der Waals surface area contributed by atoms with Crippen LogP contribution in [-0.2, 0) is 9.53 Å². The molecule has 0 spiro atoms. The number of carboxylic acid groups (broad SMARTS) is 1. The fraction of sp³-hybridized carbons (Fsp3) is 0.318. The summed E-state index contributed by atoms with van der Waals surface area (Å²) in [7, 11) is 0. The molecule has 0 saturated heterocycles. The Morgan fingerprint density at radius 1 is 1.15 bits per heavy atom. The van der Waals surface area contributed by atoms with Crippen molar-refractivity contribution >= 4 is 50.8 Å². The van der Waals surface area contributed by atoms with E-state index in [9.17, 15) is 29.6 Å². The molecule has 2 aromatic rings. The summed E-state index contributed by atoms with van der Waals surface area (Å²) in [6, 6.07) is 6.41. The highest BCUT2D eigenvalue weighted by molar-refractivity contribution is 9.10. The minimum atomic E-state index is -0.865. The van der Waals surface area contributed by atoms with Crippen molar-refractivity contribution in [3.8, 4) is 11.5 Å². The summed E-state index contributed by atoms with van der Waals surface area (Å²) in [6.07, 6.45) is -0.0724. The van der Waals surface area contributed by atoms with Gasteiger partial charge >= 0.3 is 5.97 Å². The first-order chi connectivity index (χ1) is 16.1. The molecule has 180 valence electrons. The predicted octanol–water partition coefficient (Wildman–Crippen LogP) is 4.43. The van der Waals surface area contributed by atoms with Crippen molar-refractivity contribution in [3.63, 3.8) is 0 Å². The quantitative estimate of drug-likeness (QED) is 0.134. The van der Waals surface area contributed by atoms with E-state index in [0.717, 1.165) is 6.07 Å². The maximum Gasteiger partial charge on any atom is 0.306 e. The van der Waals surface area contributed by atoms with Crippen LogP contribution in [-0.4, -0.2) is 52.0 Å². The third kappa shape index (κ3) is 5.91. The number of rotatable bonds is 11. The van der Waals surface area contributed by atoms with Gasteiger partial charge in [-0.2, -0.15) is 0 Å². The van der Waals surface area contributed by atoms with Gasteiger partial charge < -0.3 is 19.7 Å². The van der Waals surface area contributed by atoms with Crippen molar-refractivity contribution in [3.05, 3.63) is 61.1 Å². The number of nitrogens with zero attached hydrogens (tertiary/aromatic N) is 1. The maximum absolute atomic E-state index is 12.9. The average Bonchev–Trinajstić information content (AvgIpc) is 2.73. The third-order valence-corrected chi connectivity index (χ3v) is 6.23. The summed E-state index contributed by atoms with van der Waals surface area (Å²) >= 11 is 8.89. The molecule has 0 aliphatic heterocycles. The first-order valence-electron chi connectivity index (χ1n) is 10.1. The van der Waals surface area contributed by atoms with Crippen LogP contribution in [0.4, 0.5) is 5.69 Å². The number of halogens is 2. The van der Waals surface area contributed by atoms with Crippen LogP contribution in [0.25, 0.3) is 0 Å². The number of para-hydroxylation sites is 1. The number of nitro groups is 1. The van der Waals surface area contributed by atoms with Crippen molar-refractivity contribution in [2.45, 2.75) is 25.4 Å². The number of carbonyl (C=O) groups is 3. The molecule has 0 atom stereocenters. The number of hydrogen-bond donors (Lipinski definition) is 2. The third-order valence-electron chi connectivity index (χ3n) is 5.29. The van der Waals surface area contributed by atoms with Crippen LogP contribution in [0.1, 0.15) is 40.0 Å². The van der Waals surface area contributed by atoms with Gasteiger partial charge in [0.05, 0.1) is 50.6 Å². The molecule has 2 N–H and O–H groups in total. The van der Waals surface area contributed by atoms with Gasteiger partial charge in [0.15, 0.2) is 11.6 Å². The van der Waals surface area contributed by atoms with E-state index in [1.54, 1.807) is 0 Å². The van der Waals surface area contributed by atoms with E-state index >= 15 is 0 Å². The molecule has 1 aliphatic rings. The highest BCUT2D eigenvalue weighted by Crippen LogP contribution is 2.35. The van der Waals surface area contributed by atoms with Crippen LogP contribution in [0, 0.1) is 16.0 Å². The fourth-order valence-corrected chi connectivity index (χ4v) is 4.01. The first kappa shape index (κ1) is 25.6. The molecule has 0 aromatic heterocycles. The fourth-order valence-electron chi connectivity index (χ4n) is 3.37. The molecule has 34 heavy (non-hydrogen) atoms. The first-order valence-corrected chi connectivity index (χ1v) is 11.2. The number of ketones is 2. The second-order valence-electron chi connectivity index (χ2n) is 7.56. The Morgan fingerprint density at radius 2 is 1.82 bits per heavy atom. The zero-order valence-electron chi connectivity index (χ0n) is 17.5. The van der Waals surface area contributed by atoms with Crippen LogP contribution in [0.5, 0.6) is 11.5 Å². The molecule has 0 unspecified atom stereocenters. The Labute approximate surface area is 206 Å². The van der Waals surface area contributed by atoms with Crippen molar-refractivity contribution in [1.29, 1.82) is 0 Å². The summed E-state index contributed by atoms with van der Waals surface area (Å²) in [4.78, 5) is 46.9. The number of aliphatic carboxylic acids is 1. The smallest absolute Gasteiger partial charge is 0.306 e. The summed E-state index contributed by atoms with van der Waals surface area (Å²) < 4.78 is 11.2. The largest absolute Gasteiger partial charge is 0.506 e. The second kappa shape index (κ2) is 10.9. The minimum Gasteiger partial charge on any atom is -0.506 e. The van der Waals surface area contributed by atoms with Gasteiger partial charge in [0, 0.05) is 12.1 Å². The van der Waals surface area contributed by atoms with Crippen molar-refractivity contribution in [1.82, 2.24) is 0 Å². The van der Waals surface area contributed by atoms with Crippen LogP contribution < -0.4 is 4.74 Å². The van der Waals surface area contributed by atoms with Crippen LogP contribution >= 0.6 is 27.5 Å². The Kier molecular flexibility index (Phi) is 8.24. The van der Waals surface area contributed by atoms with Gasteiger partial charge in [-0.05, 0) is 40.9 Å². The molecule has 3 rings (SSSR count). The highest BCUT2D eigenvalue weighted by atomic mass is 79.9. The van der Waals surface area contributed by atoms with Gasteiger partial charge in [-0.3, -0.25) is 24.5 Å². The molecule has 2 aromatic carbocycles. The Morgan fingerprint density at radius 3 is 2.47 bits per heavy atom. The summed E-state index contributed by atoms with van der Waals surface area (Å²) in [5, 5.41) is 30.2. The molecule has 1 fully saturated rings. The summed E-state index contributed by atoms with van der Waals surface area (Å²) in [6.45, 7) is 0.0936. The predicted molar refractivity (Wildman–Crippen MR) is 123 cm³/mol. The van der Waals surface area contributed by atoms with E-state index in [-0.39, 0.29) is 51.4 Å². The number of Topliss-reactive ketones (excluding diaryl/α,β-unsaturated/α-hetero) is 2. The summed E-state index contributed by atoms with van der Waals surface area (Å²) in [5.41, 5.74) is -0.720. The number of phenols is 1. The van der Waals surface area contributed by atoms with Gasteiger partial charge in [0.2, 0.25) is 0 Å². The standard InChI is InChI=1S/C22H19BrClNO9/c23-15-9-20(34-5-4-33-12-6-11(7-12)22(29)30)14(8-17(15)25(31)32)19(27)10-18(26)13-2-1-3-16(24)21(13)28/h1-3,8-9,11-12,28H,4-7,10H2,(H,29,30)/t11-,12+. The number of phenolic OH excluding ortho intramolecular Hbond substituents is 1. The van der Waals surface area contributed by atoms with Gasteiger partial charge in [0.1, 0.15) is 18.1 Å². The lowest BCUT2D eigenvalue weighted by Crippen LogP contribution is -2.37. The van der Waals surface area contributed by atoms with Crippen LogP contribution in [0.3, 0.4) is 0 Å². The number of ether oxygens (including phenoxy) is 2. The van der Waals surface area contributed by atoms with Crippen molar-refractivity contribution in [2.24, 2.45) is 5.92 Å². The van der Waals surface area contributed by atoms with Crippen LogP contribution in [0.15, 0.2) is 34.8 Å². The molecule has 0 radical (unpaired) electrons. The highest BCUT2D eigenvalue weighted by Gasteiger charge is 2.35. The lowest BCUT2D eigenvalue weighted by molar-refractivity contribution is -0.385. The zero-order chi connectivity index (χ0) is 25.0. The van der Waals surface area contributed by atoms with Gasteiger partial charge in [-0.25, -0.2) is 0 Å². The minimum absolute atomic E-state index is 0.00575. The zero-order valence-corrected chi connectivity index (χ0v) is 19.9. The number of nitro benzene ring substituents is 1. The van der Waals surface area contributed by atoms with E-state index in [1.165, 1.54) is 24.3 Å². The number of benzene rings is 2. The number of hydrogen-bond acceptors (Lipinski definition) is 8. The Bertz CT molecular complexity index is 1150. The maximum atomic E-state index is 12.9. The average molecular weight is 557 g/mol. The van der Waals surface area contributed by atoms with E-state index < -0.39 is 40.5 Å². The topological polar surface area (TPSA) is 153 Å². The lowest BCUT2D eigenvalue weighted by atomic mass is 9.82. The molecule has 10 nitrogen and oxygen atoms in total. The molecule has 1 aliphatic carbocycles. The van der Waals surface area contributed by atoms with E-state index in [4.69, 9.17) is 26.2 Å². The van der Waals surface area contributed by atoms with Crippen molar-refractivity contribution < 1.29 is 39.0 Å². The SMILES string of the molecule is O=C(CC(=O)c1cccc(Cl)c1O)c1cc([N+](=O)[O-])c(Br)cc1OCCO[C@H]1C[C@@H](C(=O)O)C1. The molecular weight excluding hydrogens is 538 g/mol. The van der Waals surface area contributed by atoms with Gasteiger partial charge in [0.25, 0.3) is 5.69 Å². The van der Waals surface area contributed by atoms with E-state index in [0.29, 0.717) is 12.8 Å².